The summed E-state index contributed by atoms with van der Waals surface area (Å²) in [4.78, 5) is 20.9. The highest BCUT2D eigenvalue weighted by Gasteiger charge is 2.12. The van der Waals surface area contributed by atoms with Crippen molar-refractivity contribution in [3.8, 4) is 23.1 Å². The minimum absolute atomic E-state index is 0.159. The number of nitrogens with zero attached hydrogens (tertiary/aromatic N) is 2. The standard InChI is InChI=1S/C26H24N4O4/c1-17(30-25(31)13-18-7-5-4-6-8-18)29-19-9-10-26(28-16-19)34-22-11-12-27-21-15-24(33-3)23(32-2)14-20(21)22/h4-12,14-16,29H,1,13H2,2-3H3,(H,30,31). The normalized spacial score (nSPS) is 10.4. The van der Waals surface area contributed by atoms with Crippen LogP contribution in [-0.2, 0) is 11.2 Å². The SMILES string of the molecule is C=C(NC(=O)Cc1ccccc1)Nc1ccc(Oc2ccnc3cc(OC)c(OC)cc23)nc1. The summed E-state index contributed by atoms with van der Waals surface area (Å²) < 4.78 is 16.7. The number of carbonyl (C=O) groups is 1. The summed E-state index contributed by atoms with van der Waals surface area (Å²) in [6, 6.07) is 18.4. The molecule has 34 heavy (non-hydrogen) atoms. The van der Waals surface area contributed by atoms with Crippen LogP contribution in [0.25, 0.3) is 10.9 Å². The lowest BCUT2D eigenvalue weighted by atomic mass is 10.1. The van der Waals surface area contributed by atoms with Crippen LogP contribution >= 0.6 is 0 Å². The van der Waals surface area contributed by atoms with Crippen LogP contribution < -0.4 is 24.8 Å². The molecule has 2 aromatic heterocycles. The van der Waals surface area contributed by atoms with Gasteiger partial charge in [0.2, 0.25) is 11.8 Å². The van der Waals surface area contributed by atoms with Crippen molar-refractivity contribution in [3.63, 3.8) is 0 Å². The minimum Gasteiger partial charge on any atom is -0.493 e. The number of methoxy groups -OCH3 is 2. The second-order valence-corrected chi connectivity index (χ2v) is 7.33. The number of hydrogen-bond donors (Lipinski definition) is 2. The number of rotatable bonds is 9. The number of fused-ring (bicyclic) bond motifs is 1. The maximum atomic E-state index is 12.2. The van der Waals surface area contributed by atoms with Crippen molar-refractivity contribution < 1.29 is 19.0 Å². The predicted octanol–water partition coefficient (Wildman–Crippen LogP) is 4.68. The Morgan fingerprint density at radius 2 is 1.71 bits per heavy atom. The molecule has 1 amide bonds. The van der Waals surface area contributed by atoms with Crippen molar-refractivity contribution in [1.29, 1.82) is 0 Å². The molecule has 0 aliphatic heterocycles. The highest BCUT2D eigenvalue weighted by atomic mass is 16.5. The molecule has 2 N–H and O–H groups in total. The van der Waals surface area contributed by atoms with Crippen LogP contribution in [0.2, 0.25) is 0 Å². The van der Waals surface area contributed by atoms with Crippen LogP contribution in [0, 0.1) is 0 Å². The fourth-order valence-electron chi connectivity index (χ4n) is 3.36. The van der Waals surface area contributed by atoms with Crippen LogP contribution in [0.5, 0.6) is 23.1 Å². The summed E-state index contributed by atoms with van der Waals surface area (Å²) in [6.07, 6.45) is 3.52. The quantitative estimate of drug-likeness (QED) is 0.378. The first-order chi connectivity index (χ1) is 16.6. The van der Waals surface area contributed by atoms with E-state index in [1.54, 1.807) is 50.9 Å². The lowest BCUT2D eigenvalue weighted by molar-refractivity contribution is -0.119. The molecule has 0 radical (unpaired) electrons. The number of amides is 1. The number of aromatic nitrogens is 2. The lowest BCUT2D eigenvalue weighted by Gasteiger charge is -2.13. The molecule has 0 bridgehead atoms. The molecular formula is C26H24N4O4. The van der Waals surface area contributed by atoms with Crippen molar-refractivity contribution in [2.45, 2.75) is 6.42 Å². The van der Waals surface area contributed by atoms with Gasteiger partial charge in [0.25, 0.3) is 0 Å². The van der Waals surface area contributed by atoms with Crippen molar-refractivity contribution in [2.75, 3.05) is 19.5 Å². The van der Waals surface area contributed by atoms with Gasteiger partial charge in [-0.3, -0.25) is 9.78 Å². The molecule has 172 valence electrons. The third kappa shape index (κ3) is 5.42. The summed E-state index contributed by atoms with van der Waals surface area (Å²) in [5, 5.41) is 6.52. The fraction of sp³-hybridized carbons (Fsp3) is 0.115. The van der Waals surface area contributed by atoms with E-state index in [1.807, 2.05) is 36.4 Å². The van der Waals surface area contributed by atoms with E-state index < -0.39 is 0 Å². The Balaban J connectivity index is 1.40. The van der Waals surface area contributed by atoms with Crippen molar-refractivity contribution in [3.05, 3.63) is 91.0 Å². The van der Waals surface area contributed by atoms with Crippen LogP contribution in [0.15, 0.2) is 85.5 Å². The molecule has 0 aliphatic carbocycles. The lowest BCUT2D eigenvalue weighted by Crippen LogP contribution is -2.27. The topological polar surface area (TPSA) is 94.6 Å². The van der Waals surface area contributed by atoms with E-state index in [1.165, 1.54) is 0 Å². The molecule has 4 rings (SSSR count). The maximum absolute atomic E-state index is 12.2. The van der Waals surface area contributed by atoms with Gasteiger partial charge in [-0.05, 0) is 23.8 Å². The van der Waals surface area contributed by atoms with E-state index in [0.29, 0.717) is 40.2 Å². The van der Waals surface area contributed by atoms with Gasteiger partial charge in [-0.25, -0.2) is 4.98 Å². The second-order valence-electron chi connectivity index (χ2n) is 7.33. The van der Waals surface area contributed by atoms with E-state index in [9.17, 15) is 4.79 Å². The van der Waals surface area contributed by atoms with Crippen LogP contribution in [0.1, 0.15) is 5.56 Å². The number of ether oxygens (including phenoxy) is 3. The molecular weight excluding hydrogens is 432 g/mol. The van der Waals surface area contributed by atoms with Gasteiger partial charge in [-0.2, -0.15) is 0 Å². The summed E-state index contributed by atoms with van der Waals surface area (Å²) in [5.74, 6) is 2.34. The van der Waals surface area contributed by atoms with E-state index in [-0.39, 0.29) is 12.3 Å². The van der Waals surface area contributed by atoms with Crippen LogP contribution in [0.3, 0.4) is 0 Å². The maximum Gasteiger partial charge on any atom is 0.229 e. The number of nitrogens with one attached hydrogen (secondary N) is 2. The minimum atomic E-state index is -0.159. The average molecular weight is 457 g/mol. The van der Waals surface area contributed by atoms with Crippen LogP contribution in [0.4, 0.5) is 5.69 Å². The monoisotopic (exact) mass is 456 g/mol. The number of pyridine rings is 2. The Morgan fingerprint density at radius 3 is 2.41 bits per heavy atom. The zero-order valence-corrected chi connectivity index (χ0v) is 18.9. The summed E-state index contributed by atoms with van der Waals surface area (Å²) >= 11 is 0. The third-order valence-electron chi connectivity index (χ3n) is 4.95. The third-order valence-corrected chi connectivity index (χ3v) is 4.95. The largest absolute Gasteiger partial charge is 0.493 e. The Kier molecular flexibility index (Phi) is 6.88. The van der Waals surface area contributed by atoms with Gasteiger partial charge in [0.15, 0.2) is 11.5 Å². The van der Waals surface area contributed by atoms with Crippen molar-refractivity contribution >= 4 is 22.5 Å². The Morgan fingerprint density at radius 1 is 0.941 bits per heavy atom. The molecule has 0 atom stereocenters. The van der Waals surface area contributed by atoms with Crippen LogP contribution in [-0.4, -0.2) is 30.1 Å². The summed E-state index contributed by atoms with van der Waals surface area (Å²) in [6.45, 7) is 3.86. The molecule has 0 aliphatic rings. The zero-order valence-electron chi connectivity index (χ0n) is 18.9. The summed E-state index contributed by atoms with van der Waals surface area (Å²) in [7, 11) is 3.15. The van der Waals surface area contributed by atoms with Gasteiger partial charge in [-0.15, -0.1) is 0 Å². The van der Waals surface area contributed by atoms with Crippen molar-refractivity contribution in [2.24, 2.45) is 0 Å². The van der Waals surface area contributed by atoms with E-state index >= 15 is 0 Å². The van der Waals surface area contributed by atoms with E-state index in [2.05, 4.69) is 27.2 Å². The number of anilines is 1. The first-order valence-corrected chi connectivity index (χ1v) is 10.5. The van der Waals surface area contributed by atoms with E-state index in [4.69, 9.17) is 14.2 Å². The number of benzene rings is 2. The first-order valence-electron chi connectivity index (χ1n) is 10.5. The van der Waals surface area contributed by atoms with Gasteiger partial charge in [0.05, 0.1) is 38.0 Å². The number of carbonyl (C=O) groups excluding carboxylic acids is 1. The van der Waals surface area contributed by atoms with Gasteiger partial charge in [0, 0.05) is 23.7 Å². The van der Waals surface area contributed by atoms with Gasteiger partial charge >= 0.3 is 0 Å². The molecule has 2 aromatic carbocycles. The summed E-state index contributed by atoms with van der Waals surface area (Å²) in [5.41, 5.74) is 2.29. The molecule has 0 fully saturated rings. The molecule has 4 aromatic rings. The molecule has 0 saturated heterocycles. The van der Waals surface area contributed by atoms with Gasteiger partial charge < -0.3 is 24.8 Å². The molecule has 0 unspecified atom stereocenters. The second kappa shape index (κ2) is 10.4. The highest BCUT2D eigenvalue weighted by molar-refractivity contribution is 5.88. The zero-order chi connectivity index (χ0) is 23.9. The molecule has 8 heteroatoms. The highest BCUT2D eigenvalue weighted by Crippen LogP contribution is 2.36. The Labute approximate surface area is 197 Å². The number of hydrogen-bond acceptors (Lipinski definition) is 7. The molecule has 2 heterocycles. The smallest absolute Gasteiger partial charge is 0.229 e. The molecule has 0 saturated carbocycles. The average Bonchev–Trinajstić information content (AvgIpc) is 2.85. The van der Waals surface area contributed by atoms with Gasteiger partial charge in [-0.1, -0.05) is 36.9 Å². The molecule has 8 nitrogen and oxygen atoms in total. The fourth-order valence-corrected chi connectivity index (χ4v) is 3.36. The Hall–Kier alpha value is -4.59. The molecule has 0 spiro atoms. The first kappa shape index (κ1) is 22.6. The van der Waals surface area contributed by atoms with Gasteiger partial charge in [0.1, 0.15) is 11.6 Å². The van der Waals surface area contributed by atoms with E-state index in [0.717, 1.165) is 10.9 Å². The Bertz CT molecular complexity index is 1310. The predicted molar refractivity (Wildman–Crippen MR) is 130 cm³/mol. The van der Waals surface area contributed by atoms with Crippen molar-refractivity contribution in [1.82, 2.24) is 15.3 Å².